The van der Waals surface area contributed by atoms with E-state index in [0.717, 1.165) is 36.7 Å². The molecule has 0 spiro atoms. The van der Waals surface area contributed by atoms with Gasteiger partial charge in [-0.15, -0.1) is 11.8 Å². The van der Waals surface area contributed by atoms with Crippen molar-refractivity contribution in [2.24, 2.45) is 0 Å². The summed E-state index contributed by atoms with van der Waals surface area (Å²) in [7, 11) is -4.13. The zero-order valence-electron chi connectivity index (χ0n) is 19.4. The third-order valence-corrected chi connectivity index (χ3v) is 7.62. The first-order chi connectivity index (χ1) is 15.8. The molecule has 34 heavy (non-hydrogen) atoms. The van der Waals surface area contributed by atoms with Crippen LogP contribution in [0.1, 0.15) is 56.2 Å². The number of rotatable bonds is 13. The van der Waals surface area contributed by atoms with Gasteiger partial charge in [0.1, 0.15) is 5.82 Å². The van der Waals surface area contributed by atoms with E-state index in [9.17, 15) is 22.1 Å². The molecule has 2 rings (SSSR count). The highest BCUT2D eigenvalue weighted by molar-refractivity contribution is 7.99. The zero-order chi connectivity index (χ0) is 25.4. The Morgan fingerprint density at radius 3 is 2.32 bits per heavy atom. The van der Waals surface area contributed by atoms with Gasteiger partial charge in [0.2, 0.25) is 0 Å². The Bertz CT molecular complexity index is 965. The quantitative estimate of drug-likeness (QED) is 0.118. The Morgan fingerprint density at radius 1 is 1.03 bits per heavy atom. The summed E-state index contributed by atoms with van der Waals surface area (Å²) in [6, 6.07) is 11.8. The molecule has 0 aliphatic heterocycles. The first-order valence-corrected chi connectivity index (χ1v) is 13.9. The van der Waals surface area contributed by atoms with Gasteiger partial charge >= 0.3 is 13.8 Å². The van der Waals surface area contributed by atoms with Crippen LogP contribution in [0.2, 0.25) is 0 Å². The summed E-state index contributed by atoms with van der Waals surface area (Å²) in [5.41, 5.74) is 0.192. The molecule has 0 radical (unpaired) electrons. The first kappa shape index (κ1) is 28.9. The summed E-state index contributed by atoms with van der Waals surface area (Å²) in [6.45, 7) is 4.29. The lowest BCUT2D eigenvalue weighted by Gasteiger charge is -2.25. The van der Waals surface area contributed by atoms with E-state index in [1.807, 2.05) is 18.2 Å². The molecule has 0 amide bonds. The van der Waals surface area contributed by atoms with Crippen molar-refractivity contribution in [1.29, 1.82) is 0 Å². The fourth-order valence-electron chi connectivity index (χ4n) is 3.59. The van der Waals surface area contributed by atoms with Crippen molar-refractivity contribution in [1.82, 2.24) is 5.32 Å². The van der Waals surface area contributed by atoms with Crippen molar-refractivity contribution in [2.75, 3.05) is 18.5 Å². The van der Waals surface area contributed by atoms with Gasteiger partial charge < -0.3 is 15.1 Å². The van der Waals surface area contributed by atoms with Crippen LogP contribution >= 0.6 is 19.4 Å². The third-order valence-electron chi connectivity index (χ3n) is 5.58. The lowest BCUT2D eigenvalue weighted by atomic mass is 9.80. The smallest absolute Gasteiger partial charge is 0.324 e. The second kappa shape index (κ2) is 12.5. The number of unbranched alkanes of at least 4 members (excludes halogenated alkanes) is 1. The summed E-state index contributed by atoms with van der Waals surface area (Å²) in [5.74, 6) is -0.281. The highest BCUT2D eigenvalue weighted by atomic mass is 32.2. The monoisotopic (exact) mass is 521 g/mol. The normalized spacial score (nSPS) is 12.8. The van der Waals surface area contributed by atoms with E-state index in [1.165, 1.54) is 5.56 Å². The van der Waals surface area contributed by atoms with Gasteiger partial charge in [-0.25, -0.2) is 4.39 Å². The Kier molecular flexibility index (Phi) is 10.6. The lowest BCUT2D eigenvalue weighted by Crippen LogP contribution is -2.18. The third kappa shape index (κ3) is 9.70. The van der Waals surface area contributed by atoms with E-state index in [0.29, 0.717) is 12.2 Å². The summed E-state index contributed by atoms with van der Waals surface area (Å²) >= 11 is 1.01. The Morgan fingerprint density at radius 2 is 1.71 bits per heavy atom. The second-order valence-corrected chi connectivity index (χ2v) is 11.8. The van der Waals surface area contributed by atoms with E-state index in [2.05, 4.69) is 31.3 Å². The van der Waals surface area contributed by atoms with Gasteiger partial charge in [0, 0.05) is 17.0 Å². The molecular formula is C24H32F4NO3PS. The predicted octanol–water partition coefficient (Wildman–Crippen LogP) is 6.74. The van der Waals surface area contributed by atoms with Crippen molar-refractivity contribution < 1.29 is 31.9 Å². The minimum atomic E-state index is -4.61. The molecule has 0 unspecified atom stereocenters. The molecule has 2 aromatic carbocycles. The Labute approximate surface area is 202 Å². The average Bonchev–Trinajstić information content (AvgIpc) is 2.73. The molecule has 0 atom stereocenters. The molecule has 0 bridgehead atoms. The van der Waals surface area contributed by atoms with Gasteiger partial charge in [-0.1, -0.05) is 50.6 Å². The molecule has 0 fully saturated rings. The van der Waals surface area contributed by atoms with E-state index in [-0.39, 0.29) is 41.5 Å². The van der Waals surface area contributed by atoms with Crippen molar-refractivity contribution in [3.63, 3.8) is 0 Å². The van der Waals surface area contributed by atoms with Crippen molar-refractivity contribution >= 4 is 19.4 Å². The van der Waals surface area contributed by atoms with Gasteiger partial charge in [-0.05, 0) is 54.7 Å². The molecule has 2 aromatic rings. The summed E-state index contributed by atoms with van der Waals surface area (Å²) in [4.78, 5) is 17.5. The van der Waals surface area contributed by atoms with Crippen molar-refractivity contribution in [3.05, 3.63) is 65.0 Å². The molecule has 0 saturated carbocycles. The van der Waals surface area contributed by atoms with Crippen molar-refractivity contribution in [2.45, 2.75) is 62.6 Å². The first-order valence-electron chi connectivity index (χ1n) is 11.1. The van der Waals surface area contributed by atoms with Crippen LogP contribution in [0.4, 0.5) is 17.6 Å². The number of halogens is 4. The zero-order valence-corrected chi connectivity index (χ0v) is 21.1. The van der Waals surface area contributed by atoms with Crippen LogP contribution in [0, 0.1) is 5.82 Å². The highest BCUT2D eigenvalue weighted by Gasteiger charge is 2.34. The van der Waals surface area contributed by atoms with Crippen LogP contribution in [-0.2, 0) is 22.7 Å². The molecule has 4 nitrogen and oxygen atoms in total. The van der Waals surface area contributed by atoms with Gasteiger partial charge in [0.15, 0.2) is 0 Å². The molecule has 3 N–H and O–H groups in total. The van der Waals surface area contributed by atoms with Gasteiger partial charge in [0.05, 0.1) is 11.7 Å². The molecule has 0 heterocycles. The van der Waals surface area contributed by atoms with Gasteiger partial charge in [-0.3, -0.25) is 4.57 Å². The van der Waals surface area contributed by atoms with Crippen LogP contribution in [-0.4, -0.2) is 28.2 Å². The Balaban J connectivity index is 1.92. The number of hydrogen-bond donors (Lipinski definition) is 3. The molecule has 0 aliphatic rings. The molecule has 0 aromatic heterocycles. The van der Waals surface area contributed by atoms with Crippen LogP contribution in [0.3, 0.4) is 0 Å². The SMILES string of the molecule is CC(C)(CCCCSc1cc(F)c(CNCCCP(=O)(O)O)cc1C(F)(F)F)c1ccccc1. The van der Waals surface area contributed by atoms with Crippen LogP contribution in [0.25, 0.3) is 0 Å². The van der Waals surface area contributed by atoms with Crippen molar-refractivity contribution in [3.8, 4) is 0 Å². The van der Waals surface area contributed by atoms with Crippen LogP contribution < -0.4 is 5.32 Å². The predicted molar refractivity (Wildman–Crippen MR) is 129 cm³/mol. The topological polar surface area (TPSA) is 69.6 Å². The van der Waals surface area contributed by atoms with Crippen LogP contribution in [0.15, 0.2) is 47.4 Å². The number of hydrogen-bond acceptors (Lipinski definition) is 3. The van der Waals surface area contributed by atoms with E-state index in [1.54, 1.807) is 0 Å². The molecular weight excluding hydrogens is 489 g/mol. The number of alkyl halides is 3. The molecule has 10 heteroatoms. The van der Waals surface area contributed by atoms with Gasteiger partial charge in [-0.2, -0.15) is 13.2 Å². The fraction of sp³-hybridized carbons (Fsp3) is 0.500. The lowest BCUT2D eigenvalue weighted by molar-refractivity contribution is -0.139. The standard InChI is InChI=1S/C24H32F4NO3PS/c1-23(2,19-9-4-3-5-10-19)11-6-7-14-34-22-16-21(25)18(15-20(22)24(26,27)28)17-29-12-8-13-33(30,31)32/h3-5,9-10,15-16,29H,6-8,11-14,17H2,1-2H3,(H2,30,31,32). The average molecular weight is 522 g/mol. The number of thioether (sulfide) groups is 1. The minimum Gasteiger partial charge on any atom is -0.324 e. The molecule has 190 valence electrons. The van der Waals surface area contributed by atoms with Crippen LogP contribution in [0.5, 0.6) is 0 Å². The fourth-order valence-corrected chi connectivity index (χ4v) is 5.25. The molecule has 0 saturated heterocycles. The number of benzene rings is 2. The Hall–Kier alpha value is -1.38. The maximum Gasteiger partial charge on any atom is 0.417 e. The van der Waals surface area contributed by atoms with E-state index >= 15 is 0 Å². The van der Waals surface area contributed by atoms with E-state index in [4.69, 9.17) is 9.79 Å². The summed E-state index contributed by atoms with van der Waals surface area (Å²) < 4.78 is 66.2. The largest absolute Gasteiger partial charge is 0.417 e. The summed E-state index contributed by atoms with van der Waals surface area (Å²) in [5, 5.41) is 2.74. The highest BCUT2D eigenvalue weighted by Crippen LogP contribution is 2.39. The maximum atomic E-state index is 14.5. The minimum absolute atomic E-state index is 0.0326. The second-order valence-electron chi connectivity index (χ2n) is 8.91. The number of nitrogens with one attached hydrogen (secondary N) is 1. The van der Waals surface area contributed by atoms with E-state index < -0.39 is 25.2 Å². The van der Waals surface area contributed by atoms with Gasteiger partial charge in [0.25, 0.3) is 0 Å². The molecule has 0 aliphatic carbocycles. The summed E-state index contributed by atoms with van der Waals surface area (Å²) in [6.07, 6.45) is -2.37. The maximum absolute atomic E-state index is 14.5.